The minimum atomic E-state index is -0.375. The Kier molecular flexibility index (Phi) is 5.76. The van der Waals surface area contributed by atoms with Gasteiger partial charge in [-0.25, -0.2) is 4.98 Å². The second kappa shape index (κ2) is 8.22. The van der Waals surface area contributed by atoms with Crippen LogP contribution in [0.2, 0.25) is 0 Å². The molecule has 0 amide bonds. The van der Waals surface area contributed by atoms with E-state index in [1.54, 1.807) is 20.3 Å². The van der Waals surface area contributed by atoms with Gasteiger partial charge in [0, 0.05) is 16.8 Å². The topological polar surface area (TPSA) is 57.7 Å². The van der Waals surface area contributed by atoms with E-state index in [1.807, 2.05) is 48.6 Å². The molecule has 5 nitrogen and oxygen atoms in total. The first-order chi connectivity index (χ1) is 13.0. The van der Waals surface area contributed by atoms with E-state index in [4.69, 9.17) is 14.2 Å². The number of aromatic nitrogens is 1. The van der Waals surface area contributed by atoms with Crippen molar-refractivity contribution in [2.75, 3.05) is 14.2 Å². The van der Waals surface area contributed by atoms with E-state index in [2.05, 4.69) is 20.9 Å². The fourth-order valence-corrected chi connectivity index (χ4v) is 3.09. The number of benzene rings is 2. The summed E-state index contributed by atoms with van der Waals surface area (Å²) in [6, 6.07) is 13.1. The molecule has 0 aliphatic carbocycles. The van der Waals surface area contributed by atoms with Gasteiger partial charge >= 0.3 is 5.97 Å². The fourth-order valence-electron chi connectivity index (χ4n) is 2.64. The summed E-state index contributed by atoms with van der Waals surface area (Å²) in [5, 5.41) is 0.901. The van der Waals surface area contributed by atoms with Crippen molar-refractivity contribution in [2.24, 2.45) is 0 Å². The first kappa shape index (κ1) is 18.9. The van der Waals surface area contributed by atoms with E-state index in [9.17, 15) is 4.79 Å². The van der Waals surface area contributed by atoms with Gasteiger partial charge in [-0.05, 0) is 35.9 Å². The summed E-state index contributed by atoms with van der Waals surface area (Å²) >= 11 is 3.54. The second-order valence-corrected chi connectivity index (χ2v) is 6.57. The maximum Gasteiger partial charge on any atom is 0.308 e. The van der Waals surface area contributed by atoms with Crippen LogP contribution in [0, 0.1) is 0 Å². The van der Waals surface area contributed by atoms with Gasteiger partial charge < -0.3 is 14.2 Å². The van der Waals surface area contributed by atoms with Crippen LogP contribution in [0.15, 0.2) is 46.9 Å². The monoisotopic (exact) mass is 427 g/mol. The number of halogens is 1. The lowest BCUT2D eigenvalue weighted by molar-refractivity contribution is -0.131. The highest BCUT2D eigenvalue weighted by molar-refractivity contribution is 9.10. The van der Waals surface area contributed by atoms with E-state index in [0.29, 0.717) is 22.8 Å². The van der Waals surface area contributed by atoms with Gasteiger partial charge in [-0.1, -0.05) is 40.2 Å². The van der Waals surface area contributed by atoms with Crippen LogP contribution in [-0.4, -0.2) is 25.2 Å². The summed E-state index contributed by atoms with van der Waals surface area (Å²) in [6.45, 7) is 1.37. The highest BCUT2D eigenvalue weighted by atomic mass is 79.9. The van der Waals surface area contributed by atoms with Crippen molar-refractivity contribution in [1.29, 1.82) is 0 Å². The van der Waals surface area contributed by atoms with Gasteiger partial charge in [0.25, 0.3) is 0 Å². The zero-order valence-corrected chi connectivity index (χ0v) is 16.7. The van der Waals surface area contributed by atoms with Crippen molar-refractivity contribution in [3.05, 3.63) is 58.2 Å². The Morgan fingerprint density at radius 3 is 2.44 bits per heavy atom. The Bertz CT molecular complexity index is 1030. The highest BCUT2D eigenvalue weighted by Gasteiger charge is 2.09. The molecule has 1 aromatic heterocycles. The number of hydrogen-bond acceptors (Lipinski definition) is 5. The van der Waals surface area contributed by atoms with Crippen molar-refractivity contribution in [2.45, 2.75) is 6.92 Å². The van der Waals surface area contributed by atoms with Crippen LogP contribution in [0.5, 0.6) is 17.2 Å². The SMILES string of the molecule is COc1cc(Br)c(C=Cc2ccc3cccc(OC(C)=O)c3n2)cc1OC. The van der Waals surface area contributed by atoms with Gasteiger partial charge in [-0.15, -0.1) is 0 Å². The molecular weight excluding hydrogens is 410 g/mol. The van der Waals surface area contributed by atoms with Crippen molar-refractivity contribution in [1.82, 2.24) is 4.98 Å². The van der Waals surface area contributed by atoms with E-state index < -0.39 is 0 Å². The summed E-state index contributed by atoms with van der Waals surface area (Å²) in [4.78, 5) is 15.9. The van der Waals surface area contributed by atoms with Crippen molar-refractivity contribution in [3.63, 3.8) is 0 Å². The molecular formula is C21H18BrNO4. The predicted molar refractivity (Wildman–Crippen MR) is 109 cm³/mol. The molecule has 0 saturated carbocycles. The molecule has 138 valence electrons. The molecule has 0 aliphatic heterocycles. The number of pyridine rings is 1. The minimum absolute atomic E-state index is 0.375. The molecule has 1 heterocycles. The van der Waals surface area contributed by atoms with Crippen LogP contribution >= 0.6 is 15.9 Å². The highest BCUT2D eigenvalue weighted by Crippen LogP contribution is 2.34. The molecule has 27 heavy (non-hydrogen) atoms. The van der Waals surface area contributed by atoms with Crippen molar-refractivity contribution < 1.29 is 19.0 Å². The Hall–Kier alpha value is -2.86. The van der Waals surface area contributed by atoms with Gasteiger partial charge in [0.2, 0.25) is 0 Å². The van der Waals surface area contributed by atoms with Crippen molar-refractivity contribution >= 4 is 45.0 Å². The molecule has 0 unspecified atom stereocenters. The molecule has 2 aromatic carbocycles. The Morgan fingerprint density at radius 1 is 1.00 bits per heavy atom. The van der Waals surface area contributed by atoms with Gasteiger partial charge in [-0.3, -0.25) is 4.79 Å². The number of carbonyl (C=O) groups is 1. The lowest BCUT2D eigenvalue weighted by Crippen LogP contribution is -2.02. The maximum absolute atomic E-state index is 11.3. The number of rotatable bonds is 5. The summed E-state index contributed by atoms with van der Waals surface area (Å²) in [5.74, 6) is 1.36. The van der Waals surface area contributed by atoms with Gasteiger partial charge in [0.1, 0.15) is 5.52 Å². The Labute approximate surface area is 165 Å². The van der Waals surface area contributed by atoms with Gasteiger partial charge in [0.05, 0.1) is 19.9 Å². The molecule has 0 aliphatic rings. The van der Waals surface area contributed by atoms with Gasteiger partial charge in [-0.2, -0.15) is 0 Å². The van der Waals surface area contributed by atoms with E-state index in [-0.39, 0.29) is 5.97 Å². The number of nitrogens with zero attached hydrogens (tertiary/aromatic N) is 1. The van der Waals surface area contributed by atoms with Crippen molar-refractivity contribution in [3.8, 4) is 17.2 Å². The normalized spacial score (nSPS) is 11.0. The zero-order valence-electron chi connectivity index (χ0n) is 15.2. The lowest BCUT2D eigenvalue weighted by atomic mass is 10.1. The molecule has 0 atom stereocenters. The number of methoxy groups -OCH3 is 2. The number of hydrogen-bond donors (Lipinski definition) is 0. The number of ether oxygens (including phenoxy) is 3. The number of fused-ring (bicyclic) bond motifs is 1. The smallest absolute Gasteiger partial charge is 0.308 e. The van der Waals surface area contributed by atoms with Crippen LogP contribution in [0.25, 0.3) is 23.1 Å². The van der Waals surface area contributed by atoms with Crippen LogP contribution in [0.1, 0.15) is 18.2 Å². The van der Waals surface area contributed by atoms with Crippen LogP contribution < -0.4 is 14.2 Å². The van der Waals surface area contributed by atoms with E-state index in [1.165, 1.54) is 6.92 Å². The largest absolute Gasteiger partial charge is 0.493 e. The second-order valence-electron chi connectivity index (χ2n) is 5.72. The molecule has 0 radical (unpaired) electrons. The van der Waals surface area contributed by atoms with Crippen LogP contribution in [-0.2, 0) is 4.79 Å². The average molecular weight is 428 g/mol. The summed E-state index contributed by atoms with van der Waals surface area (Å²) in [7, 11) is 3.19. The van der Waals surface area contributed by atoms with Crippen LogP contribution in [0.4, 0.5) is 0 Å². The zero-order chi connectivity index (χ0) is 19.4. The third-order valence-electron chi connectivity index (χ3n) is 3.89. The molecule has 0 saturated heterocycles. The number of esters is 1. The van der Waals surface area contributed by atoms with E-state index >= 15 is 0 Å². The average Bonchev–Trinajstić information content (AvgIpc) is 2.66. The number of carbonyl (C=O) groups excluding carboxylic acids is 1. The standard InChI is InChI=1S/C21H18BrNO4/c1-13(24)27-18-6-4-5-14-7-9-16(23-21(14)18)10-8-15-11-19(25-2)20(26-3)12-17(15)22/h4-12H,1-3H3. The molecule has 0 spiro atoms. The predicted octanol–water partition coefficient (Wildman–Crippen LogP) is 5.11. The number of para-hydroxylation sites is 1. The Balaban J connectivity index is 1.98. The summed E-state index contributed by atoms with van der Waals surface area (Å²) in [5.41, 5.74) is 2.30. The van der Waals surface area contributed by atoms with E-state index in [0.717, 1.165) is 21.1 Å². The molecule has 6 heteroatoms. The third-order valence-corrected chi connectivity index (χ3v) is 4.58. The van der Waals surface area contributed by atoms with Gasteiger partial charge in [0.15, 0.2) is 17.2 Å². The maximum atomic E-state index is 11.3. The minimum Gasteiger partial charge on any atom is -0.493 e. The molecule has 3 aromatic rings. The fraction of sp³-hybridized carbons (Fsp3) is 0.143. The van der Waals surface area contributed by atoms with Crippen LogP contribution in [0.3, 0.4) is 0 Å². The molecule has 3 rings (SSSR count). The molecule has 0 fully saturated rings. The first-order valence-electron chi connectivity index (χ1n) is 8.19. The quantitative estimate of drug-likeness (QED) is 0.418. The molecule has 0 bridgehead atoms. The third kappa shape index (κ3) is 4.28. The first-order valence-corrected chi connectivity index (χ1v) is 8.99. The summed E-state index contributed by atoms with van der Waals surface area (Å²) in [6.07, 6.45) is 3.81. The lowest BCUT2D eigenvalue weighted by Gasteiger charge is -2.10. The Morgan fingerprint density at radius 2 is 1.74 bits per heavy atom. The summed E-state index contributed by atoms with van der Waals surface area (Å²) < 4.78 is 16.8. The molecule has 0 N–H and O–H groups in total.